The Morgan fingerprint density at radius 2 is 2.00 bits per heavy atom. The molecule has 0 bridgehead atoms. The van der Waals surface area contributed by atoms with Gasteiger partial charge in [0.1, 0.15) is 11.5 Å². The van der Waals surface area contributed by atoms with Crippen LogP contribution in [0.3, 0.4) is 0 Å². The smallest absolute Gasteiger partial charge is 0.295 e. The lowest BCUT2D eigenvalue weighted by atomic mass is 9.95. The monoisotopic (exact) mass is 452 g/mol. The molecule has 2 unspecified atom stereocenters. The van der Waals surface area contributed by atoms with E-state index >= 15 is 0 Å². The van der Waals surface area contributed by atoms with Crippen molar-refractivity contribution < 1.29 is 29.1 Å². The lowest BCUT2D eigenvalue weighted by Gasteiger charge is -2.27. The van der Waals surface area contributed by atoms with Gasteiger partial charge in [0, 0.05) is 30.8 Å². The Morgan fingerprint density at radius 3 is 2.64 bits per heavy atom. The van der Waals surface area contributed by atoms with Crippen LogP contribution in [0, 0.1) is 10.1 Å². The molecule has 4 rings (SSSR count). The van der Waals surface area contributed by atoms with Crippen LogP contribution in [0.15, 0.2) is 54.1 Å². The molecule has 2 fully saturated rings. The number of hydrogen-bond acceptors (Lipinski definition) is 7. The molecule has 2 heterocycles. The number of likely N-dealkylation sites (tertiary alicyclic amines) is 1. The van der Waals surface area contributed by atoms with Gasteiger partial charge in [-0.1, -0.05) is 12.1 Å². The Balaban J connectivity index is 1.81. The van der Waals surface area contributed by atoms with Gasteiger partial charge < -0.3 is 19.5 Å². The first-order valence-corrected chi connectivity index (χ1v) is 10.8. The maximum absolute atomic E-state index is 13.1. The van der Waals surface area contributed by atoms with Crippen molar-refractivity contribution in [2.45, 2.75) is 31.9 Å². The summed E-state index contributed by atoms with van der Waals surface area (Å²) in [5.41, 5.74) is 0.428. The summed E-state index contributed by atoms with van der Waals surface area (Å²) >= 11 is 0. The largest absolute Gasteiger partial charge is 0.507 e. The molecule has 2 aliphatic rings. The molecule has 1 N–H and O–H groups in total. The number of ketones is 1. The molecule has 0 aromatic heterocycles. The first-order valence-electron chi connectivity index (χ1n) is 10.8. The number of carbonyl (C=O) groups is 2. The Bertz CT molecular complexity index is 1100. The van der Waals surface area contributed by atoms with Gasteiger partial charge in [-0.3, -0.25) is 19.7 Å². The van der Waals surface area contributed by atoms with Crippen LogP contribution in [0.4, 0.5) is 5.69 Å². The average Bonchev–Trinajstić information content (AvgIpc) is 3.42. The third kappa shape index (κ3) is 4.45. The number of nitro groups is 1. The topological polar surface area (TPSA) is 119 Å². The van der Waals surface area contributed by atoms with Gasteiger partial charge in [-0.2, -0.15) is 0 Å². The maximum atomic E-state index is 13.1. The van der Waals surface area contributed by atoms with Gasteiger partial charge in [0.2, 0.25) is 0 Å². The first kappa shape index (κ1) is 22.5. The predicted molar refractivity (Wildman–Crippen MR) is 119 cm³/mol. The Morgan fingerprint density at radius 1 is 1.24 bits per heavy atom. The van der Waals surface area contributed by atoms with Crippen molar-refractivity contribution in [3.05, 3.63) is 75.3 Å². The summed E-state index contributed by atoms with van der Waals surface area (Å²) < 4.78 is 11.1. The third-order valence-corrected chi connectivity index (χ3v) is 5.80. The van der Waals surface area contributed by atoms with Crippen LogP contribution in [0.5, 0.6) is 5.75 Å². The van der Waals surface area contributed by atoms with E-state index in [1.807, 2.05) is 6.92 Å². The number of benzene rings is 2. The molecule has 0 spiro atoms. The van der Waals surface area contributed by atoms with Gasteiger partial charge in [0.05, 0.1) is 29.2 Å². The second-order valence-corrected chi connectivity index (χ2v) is 7.90. The number of aliphatic hydroxyl groups is 1. The molecule has 2 saturated heterocycles. The van der Waals surface area contributed by atoms with E-state index in [0.717, 1.165) is 12.8 Å². The highest BCUT2D eigenvalue weighted by molar-refractivity contribution is 6.46. The van der Waals surface area contributed by atoms with Gasteiger partial charge in [-0.05, 0) is 49.6 Å². The van der Waals surface area contributed by atoms with Crippen LogP contribution in [-0.2, 0) is 14.3 Å². The second-order valence-electron chi connectivity index (χ2n) is 7.90. The maximum Gasteiger partial charge on any atom is 0.295 e. The van der Waals surface area contributed by atoms with Gasteiger partial charge >= 0.3 is 0 Å². The quantitative estimate of drug-likeness (QED) is 0.224. The number of carbonyl (C=O) groups excluding carboxylic acids is 2. The molecular formula is C24H24N2O7. The molecule has 9 heteroatoms. The van der Waals surface area contributed by atoms with Crippen molar-refractivity contribution in [1.82, 2.24) is 4.90 Å². The van der Waals surface area contributed by atoms with Crippen LogP contribution in [0.2, 0.25) is 0 Å². The molecule has 9 nitrogen and oxygen atoms in total. The van der Waals surface area contributed by atoms with E-state index in [1.54, 1.807) is 30.3 Å². The number of rotatable bonds is 7. The predicted octanol–water partition coefficient (Wildman–Crippen LogP) is 3.59. The fourth-order valence-electron chi connectivity index (χ4n) is 4.26. The van der Waals surface area contributed by atoms with E-state index in [4.69, 9.17) is 9.47 Å². The minimum absolute atomic E-state index is 0.109. The fraction of sp³-hybridized carbons (Fsp3) is 0.333. The molecule has 2 aromatic carbocycles. The zero-order valence-corrected chi connectivity index (χ0v) is 18.1. The number of non-ortho nitro benzene ring substituents is 1. The molecule has 33 heavy (non-hydrogen) atoms. The van der Waals surface area contributed by atoms with E-state index < -0.39 is 22.7 Å². The number of Topliss-reactive ketones (excluding diaryl/α,β-unsaturated/α-hetero) is 1. The van der Waals surface area contributed by atoms with Crippen molar-refractivity contribution in [3.8, 4) is 5.75 Å². The number of nitro benzene ring substituents is 1. The minimum atomic E-state index is -0.972. The van der Waals surface area contributed by atoms with Gasteiger partial charge in [0.15, 0.2) is 0 Å². The van der Waals surface area contributed by atoms with Gasteiger partial charge in [-0.15, -0.1) is 0 Å². The van der Waals surface area contributed by atoms with Crippen molar-refractivity contribution in [3.63, 3.8) is 0 Å². The first-order chi connectivity index (χ1) is 15.9. The van der Waals surface area contributed by atoms with Crippen molar-refractivity contribution in [2.24, 2.45) is 0 Å². The number of amides is 1. The average molecular weight is 452 g/mol. The Kier molecular flexibility index (Phi) is 6.41. The molecule has 0 radical (unpaired) electrons. The second kappa shape index (κ2) is 9.41. The van der Waals surface area contributed by atoms with Crippen molar-refractivity contribution in [1.29, 1.82) is 0 Å². The van der Waals surface area contributed by atoms with E-state index in [0.29, 0.717) is 30.1 Å². The SMILES string of the molecule is CCOc1ccc(/C(O)=C2\C(=O)C(=O)N(CC3CCCO3)C2c2cccc([N+](=O)[O-])c2)cc1. The molecule has 0 aliphatic carbocycles. The van der Waals surface area contributed by atoms with E-state index in [-0.39, 0.29) is 29.7 Å². The fourth-order valence-corrected chi connectivity index (χ4v) is 4.26. The normalized spacial score (nSPS) is 22.0. The summed E-state index contributed by atoms with van der Waals surface area (Å²) in [7, 11) is 0. The molecule has 2 atom stereocenters. The molecule has 0 saturated carbocycles. The molecule has 172 valence electrons. The summed E-state index contributed by atoms with van der Waals surface area (Å²) in [5, 5.41) is 22.4. The van der Waals surface area contributed by atoms with E-state index in [1.165, 1.54) is 23.1 Å². The van der Waals surface area contributed by atoms with Crippen LogP contribution in [0.1, 0.15) is 36.9 Å². The molecular weight excluding hydrogens is 428 g/mol. The Hall–Kier alpha value is -3.72. The van der Waals surface area contributed by atoms with Crippen molar-refractivity contribution >= 4 is 23.1 Å². The number of hydrogen-bond donors (Lipinski definition) is 1. The lowest BCUT2D eigenvalue weighted by molar-refractivity contribution is -0.384. The van der Waals surface area contributed by atoms with Gasteiger partial charge in [0.25, 0.3) is 17.4 Å². The lowest BCUT2D eigenvalue weighted by Crippen LogP contribution is -2.36. The summed E-state index contributed by atoms with van der Waals surface area (Å²) in [6, 6.07) is 11.3. The highest BCUT2D eigenvalue weighted by Gasteiger charge is 2.47. The number of aliphatic hydroxyl groups excluding tert-OH is 1. The van der Waals surface area contributed by atoms with Crippen LogP contribution in [0.25, 0.3) is 5.76 Å². The molecule has 2 aliphatic heterocycles. The van der Waals surface area contributed by atoms with Gasteiger partial charge in [-0.25, -0.2) is 0 Å². The number of ether oxygens (including phenoxy) is 2. The third-order valence-electron chi connectivity index (χ3n) is 5.80. The summed E-state index contributed by atoms with van der Waals surface area (Å²) in [4.78, 5) is 38.2. The van der Waals surface area contributed by atoms with E-state index in [9.17, 15) is 24.8 Å². The molecule has 1 amide bonds. The standard InChI is InChI=1S/C24H24N2O7/c1-2-32-18-10-8-15(9-11-18)22(27)20-21(16-5-3-6-17(13-16)26(30)31)25(24(29)23(20)28)14-19-7-4-12-33-19/h3,5-6,8-11,13,19,21,27H,2,4,7,12,14H2,1H3/b22-20+. The van der Waals surface area contributed by atoms with Crippen molar-refractivity contribution in [2.75, 3.05) is 19.8 Å². The van der Waals surface area contributed by atoms with E-state index in [2.05, 4.69) is 0 Å². The Labute approximate surface area is 190 Å². The molecule has 2 aromatic rings. The minimum Gasteiger partial charge on any atom is -0.507 e. The van der Waals surface area contributed by atoms with Crippen LogP contribution < -0.4 is 4.74 Å². The summed E-state index contributed by atoms with van der Waals surface area (Å²) in [5.74, 6) is -1.35. The number of nitrogens with zero attached hydrogens (tertiary/aromatic N) is 2. The van der Waals surface area contributed by atoms with Crippen LogP contribution in [-0.4, -0.2) is 52.5 Å². The van der Waals surface area contributed by atoms with Crippen LogP contribution >= 0.6 is 0 Å². The summed E-state index contributed by atoms with van der Waals surface area (Å²) in [6.45, 7) is 3.05. The zero-order valence-electron chi connectivity index (χ0n) is 18.1. The highest BCUT2D eigenvalue weighted by atomic mass is 16.6. The zero-order chi connectivity index (χ0) is 23.5. The highest BCUT2D eigenvalue weighted by Crippen LogP contribution is 2.41. The summed E-state index contributed by atoms with van der Waals surface area (Å²) in [6.07, 6.45) is 1.35.